The molecule has 6 nitrogen and oxygen atoms in total. The van der Waals surface area contributed by atoms with Crippen molar-refractivity contribution in [1.82, 2.24) is 0 Å². The van der Waals surface area contributed by atoms with Crippen LogP contribution in [0.5, 0.6) is 0 Å². The highest BCUT2D eigenvalue weighted by Crippen LogP contribution is 2.16. The maximum atomic E-state index is 12.8. The second-order valence-electron chi connectivity index (χ2n) is 17.8. The van der Waals surface area contributed by atoms with Crippen molar-refractivity contribution in [3.05, 3.63) is 36.5 Å². The van der Waals surface area contributed by atoms with Gasteiger partial charge in [-0.2, -0.15) is 0 Å². The van der Waals surface area contributed by atoms with E-state index in [2.05, 4.69) is 57.2 Å². The second-order valence-corrected chi connectivity index (χ2v) is 17.8. The molecule has 0 bridgehead atoms. The van der Waals surface area contributed by atoms with E-state index in [0.29, 0.717) is 19.3 Å². The number of carbonyl (C=O) groups is 3. The maximum absolute atomic E-state index is 12.8. The molecular formula is C55H100O6. The first-order valence-corrected chi connectivity index (χ1v) is 26.5. The molecule has 0 saturated carbocycles. The zero-order valence-electron chi connectivity index (χ0n) is 40.7. The number of hydrogen-bond donors (Lipinski definition) is 0. The van der Waals surface area contributed by atoms with Crippen molar-refractivity contribution in [2.45, 2.75) is 284 Å². The first-order chi connectivity index (χ1) is 30.0. The van der Waals surface area contributed by atoms with Gasteiger partial charge in [0.2, 0.25) is 0 Å². The third-order valence-corrected chi connectivity index (χ3v) is 11.7. The van der Waals surface area contributed by atoms with Gasteiger partial charge in [0.25, 0.3) is 0 Å². The lowest BCUT2D eigenvalue weighted by Crippen LogP contribution is -2.30. The van der Waals surface area contributed by atoms with Crippen molar-refractivity contribution in [1.29, 1.82) is 0 Å². The Morgan fingerprint density at radius 2 is 0.639 bits per heavy atom. The average molecular weight is 857 g/mol. The van der Waals surface area contributed by atoms with E-state index in [4.69, 9.17) is 14.2 Å². The van der Waals surface area contributed by atoms with E-state index in [1.807, 2.05) is 0 Å². The summed E-state index contributed by atoms with van der Waals surface area (Å²) >= 11 is 0. The quantitative estimate of drug-likeness (QED) is 0.0262. The Morgan fingerprint density at radius 3 is 1.00 bits per heavy atom. The maximum Gasteiger partial charge on any atom is 0.306 e. The Labute approximate surface area is 378 Å². The normalized spacial score (nSPS) is 12.2. The van der Waals surface area contributed by atoms with Crippen molar-refractivity contribution in [2.24, 2.45) is 0 Å². The van der Waals surface area contributed by atoms with Crippen molar-refractivity contribution < 1.29 is 28.6 Å². The van der Waals surface area contributed by atoms with Crippen molar-refractivity contribution in [3.8, 4) is 0 Å². The molecule has 0 aromatic heterocycles. The van der Waals surface area contributed by atoms with Gasteiger partial charge in [0.1, 0.15) is 13.2 Å². The van der Waals surface area contributed by atoms with Gasteiger partial charge in [-0.05, 0) is 51.4 Å². The van der Waals surface area contributed by atoms with Crippen LogP contribution in [0.25, 0.3) is 0 Å². The van der Waals surface area contributed by atoms with E-state index in [1.54, 1.807) is 0 Å². The molecule has 356 valence electrons. The highest BCUT2D eigenvalue weighted by Gasteiger charge is 2.19. The number of unbranched alkanes of at least 4 members (excludes halogenated alkanes) is 31. The van der Waals surface area contributed by atoms with Gasteiger partial charge < -0.3 is 14.2 Å². The lowest BCUT2D eigenvalue weighted by Gasteiger charge is -2.18. The molecule has 0 radical (unpaired) electrons. The van der Waals surface area contributed by atoms with E-state index in [9.17, 15) is 14.4 Å². The number of esters is 3. The Bertz CT molecular complexity index is 1030. The SMILES string of the molecule is CC/C=C\C/C=C\C/C=C\CCCCCCCC(=O)O[C@H](COC(=O)CCCCCCCCCCCC)COC(=O)CCCCCCCCCCCCCCCCCCCC. The molecule has 0 aliphatic carbocycles. The van der Waals surface area contributed by atoms with Gasteiger partial charge in [0, 0.05) is 19.3 Å². The third-order valence-electron chi connectivity index (χ3n) is 11.7. The minimum absolute atomic E-state index is 0.0750. The summed E-state index contributed by atoms with van der Waals surface area (Å²) in [5, 5.41) is 0. The molecule has 0 fully saturated rings. The number of rotatable bonds is 48. The fourth-order valence-electron chi connectivity index (χ4n) is 7.69. The Balaban J connectivity index is 4.31. The van der Waals surface area contributed by atoms with Gasteiger partial charge in [-0.1, -0.05) is 243 Å². The van der Waals surface area contributed by atoms with Crippen LogP contribution in [0.2, 0.25) is 0 Å². The van der Waals surface area contributed by atoms with Gasteiger partial charge in [-0.25, -0.2) is 0 Å². The minimum atomic E-state index is -0.775. The topological polar surface area (TPSA) is 78.9 Å². The average Bonchev–Trinajstić information content (AvgIpc) is 3.26. The smallest absolute Gasteiger partial charge is 0.306 e. The van der Waals surface area contributed by atoms with Gasteiger partial charge in [-0.3, -0.25) is 14.4 Å². The predicted molar refractivity (Wildman–Crippen MR) is 261 cm³/mol. The first kappa shape index (κ1) is 58.6. The van der Waals surface area contributed by atoms with Gasteiger partial charge in [0.05, 0.1) is 0 Å². The van der Waals surface area contributed by atoms with Crippen molar-refractivity contribution >= 4 is 17.9 Å². The van der Waals surface area contributed by atoms with E-state index < -0.39 is 6.10 Å². The molecule has 61 heavy (non-hydrogen) atoms. The molecule has 1 atom stereocenters. The van der Waals surface area contributed by atoms with E-state index in [1.165, 1.54) is 141 Å². The molecule has 0 saturated heterocycles. The van der Waals surface area contributed by atoms with Crippen LogP contribution in [-0.4, -0.2) is 37.2 Å². The molecule has 0 N–H and O–H groups in total. The van der Waals surface area contributed by atoms with Crippen LogP contribution in [0, 0.1) is 0 Å². The summed E-state index contributed by atoms with van der Waals surface area (Å²) in [6, 6.07) is 0. The second kappa shape index (κ2) is 50.3. The van der Waals surface area contributed by atoms with Crippen LogP contribution in [0.15, 0.2) is 36.5 Å². The third kappa shape index (κ3) is 48.5. The van der Waals surface area contributed by atoms with Crippen molar-refractivity contribution in [3.63, 3.8) is 0 Å². The predicted octanol–water partition coefficient (Wildman–Crippen LogP) is 17.3. The van der Waals surface area contributed by atoms with Crippen LogP contribution in [0.3, 0.4) is 0 Å². The van der Waals surface area contributed by atoms with Crippen LogP contribution in [0.1, 0.15) is 278 Å². The Hall–Kier alpha value is -2.37. The molecule has 0 unspecified atom stereocenters. The van der Waals surface area contributed by atoms with Crippen LogP contribution >= 0.6 is 0 Å². The zero-order valence-corrected chi connectivity index (χ0v) is 40.7. The van der Waals surface area contributed by atoms with Gasteiger partial charge >= 0.3 is 17.9 Å². The molecule has 0 aliphatic rings. The number of carbonyl (C=O) groups excluding carboxylic acids is 3. The standard InChI is InChI=1S/C55H100O6/c1-4-7-10-13-16-19-22-24-26-27-28-30-31-33-36-39-42-45-48-54(57)60-51-52(50-59-53(56)47-44-41-38-35-21-18-15-12-9-6-3)61-55(58)49-46-43-40-37-34-32-29-25-23-20-17-14-11-8-5-2/h8,11,17,20,25,29,52H,4-7,9-10,12-16,18-19,21-24,26-28,30-51H2,1-3H3/b11-8-,20-17-,29-25-/t52-/m1/s1. The highest BCUT2D eigenvalue weighted by molar-refractivity contribution is 5.71. The van der Waals surface area contributed by atoms with E-state index >= 15 is 0 Å². The van der Waals surface area contributed by atoms with Gasteiger partial charge in [0.15, 0.2) is 6.10 Å². The van der Waals surface area contributed by atoms with Crippen LogP contribution < -0.4 is 0 Å². The molecule has 0 aromatic rings. The Morgan fingerprint density at radius 1 is 0.344 bits per heavy atom. The molecular weight excluding hydrogens is 757 g/mol. The van der Waals surface area contributed by atoms with E-state index in [0.717, 1.165) is 96.3 Å². The molecule has 0 rings (SSSR count). The fourth-order valence-corrected chi connectivity index (χ4v) is 7.69. The van der Waals surface area contributed by atoms with E-state index in [-0.39, 0.29) is 31.1 Å². The largest absolute Gasteiger partial charge is 0.462 e. The summed E-state index contributed by atoms with van der Waals surface area (Å²) in [6.45, 7) is 6.53. The summed E-state index contributed by atoms with van der Waals surface area (Å²) in [5.41, 5.74) is 0. The zero-order chi connectivity index (χ0) is 44.4. The molecule has 0 aromatic carbocycles. The number of hydrogen-bond acceptors (Lipinski definition) is 6. The molecule has 0 aliphatic heterocycles. The Kier molecular flexibility index (Phi) is 48.3. The molecule has 0 amide bonds. The number of allylic oxidation sites excluding steroid dienone is 6. The monoisotopic (exact) mass is 857 g/mol. The number of ether oxygens (including phenoxy) is 3. The summed E-state index contributed by atoms with van der Waals surface area (Å²) in [4.78, 5) is 37.9. The fraction of sp³-hybridized carbons (Fsp3) is 0.836. The summed E-state index contributed by atoms with van der Waals surface area (Å²) < 4.78 is 16.8. The highest BCUT2D eigenvalue weighted by atomic mass is 16.6. The molecule has 0 spiro atoms. The van der Waals surface area contributed by atoms with Gasteiger partial charge in [-0.15, -0.1) is 0 Å². The summed E-state index contributed by atoms with van der Waals surface area (Å²) in [6.07, 6.45) is 58.5. The van der Waals surface area contributed by atoms with Crippen LogP contribution in [-0.2, 0) is 28.6 Å². The van der Waals surface area contributed by atoms with Crippen molar-refractivity contribution in [2.75, 3.05) is 13.2 Å². The first-order valence-electron chi connectivity index (χ1n) is 26.5. The summed E-state index contributed by atoms with van der Waals surface area (Å²) in [5.74, 6) is -0.881. The molecule has 0 heterocycles. The summed E-state index contributed by atoms with van der Waals surface area (Å²) in [7, 11) is 0. The lowest BCUT2D eigenvalue weighted by atomic mass is 10.0. The molecule has 6 heteroatoms. The van der Waals surface area contributed by atoms with Crippen LogP contribution in [0.4, 0.5) is 0 Å². The lowest BCUT2D eigenvalue weighted by molar-refractivity contribution is -0.167. The minimum Gasteiger partial charge on any atom is -0.462 e.